The second-order valence-electron chi connectivity index (χ2n) is 6.66. The van der Waals surface area contributed by atoms with Crippen LogP contribution in [0.3, 0.4) is 0 Å². The van der Waals surface area contributed by atoms with Gasteiger partial charge in [-0.15, -0.1) is 35.3 Å². The smallest absolute Gasteiger partial charge is 0.188 e. The summed E-state index contributed by atoms with van der Waals surface area (Å²) in [6.45, 7) is 6.16. The van der Waals surface area contributed by atoms with Crippen molar-refractivity contribution in [1.29, 1.82) is 0 Å². The molecular weight excluding hydrogens is 488 g/mol. The number of hydrogen-bond donors (Lipinski definition) is 2. The van der Waals surface area contributed by atoms with E-state index in [1.807, 2.05) is 12.1 Å². The summed E-state index contributed by atoms with van der Waals surface area (Å²) in [6.07, 6.45) is 1.95. The number of para-hydroxylation sites is 1. The highest BCUT2D eigenvalue weighted by Crippen LogP contribution is 2.20. The third kappa shape index (κ3) is 7.21. The Bertz CT molecular complexity index is 717. The quantitative estimate of drug-likeness (QED) is 0.245. The van der Waals surface area contributed by atoms with Gasteiger partial charge in [-0.3, -0.25) is 9.89 Å². The molecule has 3 N–H and O–H groups in total. The summed E-state index contributed by atoms with van der Waals surface area (Å²) in [5, 5.41) is 5.25. The maximum Gasteiger partial charge on any atom is 0.188 e. The highest BCUT2D eigenvalue weighted by molar-refractivity contribution is 14.0. The van der Waals surface area contributed by atoms with E-state index >= 15 is 0 Å². The standard InChI is InChI=1S/C20H28FN5S.HI/c21-18-6-1-2-7-19(18)26-14-12-25(13-15-26)11-4-9-23-20(22)24-10-8-17-5-3-16-27-17;/h1-3,5-7,16H,4,8-15H2,(H3,22,23,24);1H. The van der Waals surface area contributed by atoms with Crippen LogP contribution in [0, 0.1) is 5.82 Å². The second kappa shape index (κ2) is 12.2. The molecule has 1 aromatic heterocycles. The average molecular weight is 517 g/mol. The van der Waals surface area contributed by atoms with E-state index in [-0.39, 0.29) is 29.8 Å². The number of thiophene rings is 1. The summed E-state index contributed by atoms with van der Waals surface area (Å²) < 4.78 is 13.9. The number of nitrogens with two attached hydrogens (primary N) is 1. The molecule has 1 aliphatic rings. The zero-order valence-electron chi connectivity index (χ0n) is 16.0. The zero-order valence-corrected chi connectivity index (χ0v) is 19.2. The fourth-order valence-corrected chi connectivity index (χ4v) is 3.95. The van der Waals surface area contributed by atoms with Crippen molar-refractivity contribution < 1.29 is 4.39 Å². The van der Waals surface area contributed by atoms with Crippen LogP contribution in [-0.4, -0.2) is 56.7 Å². The van der Waals surface area contributed by atoms with Crippen molar-refractivity contribution in [1.82, 2.24) is 10.2 Å². The number of hydrogen-bond acceptors (Lipinski definition) is 4. The van der Waals surface area contributed by atoms with E-state index in [1.54, 1.807) is 17.4 Å². The minimum absolute atomic E-state index is 0. The van der Waals surface area contributed by atoms with Crippen molar-refractivity contribution in [3.8, 4) is 0 Å². The van der Waals surface area contributed by atoms with E-state index < -0.39 is 0 Å². The minimum atomic E-state index is -0.137. The van der Waals surface area contributed by atoms with Crippen LogP contribution in [0.15, 0.2) is 46.8 Å². The second-order valence-corrected chi connectivity index (χ2v) is 7.69. The first-order chi connectivity index (χ1) is 13.2. The van der Waals surface area contributed by atoms with Crippen molar-refractivity contribution in [2.24, 2.45) is 10.7 Å². The number of piperazine rings is 1. The van der Waals surface area contributed by atoms with Crippen LogP contribution in [0.1, 0.15) is 11.3 Å². The van der Waals surface area contributed by atoms with Gasteiger partial charge in [0.05, 0.1) is 5.69 Å². The normalized spacial score (nSPS) is 15.3. The third-order valence-corrected chi connectivity index (χ3v) is 5.67. The van der Waals surface area contributed by atoms with Gasteiger partial charge >= 0.3 is 0 Å². The van der Waals surface area contributed by atoms with E-state index in [0.717, 1.165) is 58.7 Å². The Balaban J connectivity index is 0.00000280. The van der Waals surface area contributed by atoms with Crippen molar-refractivity contribution in [3.63, 3.8) is 0 Å². The van der Waals surface area contributed by atoms with E-state index in [9.17, 15) is 4.39 Å². The summed E-state index contributed by atoms with van der Waals surface area (Å²) in [5.74, 6) is 0.387. The van der Waals surface area contributed by atoms with Crippen molar-refractivity contribution in [2.45, 2.75) is 12.8 Å². The molecular formula is C20H29FIN5S. The summed E-state index contributed by atoms with van der Waals surface area (Å²) in [4.78, 5) is 10.3. The molecule has 0 atom stereocenters. The van der Waals surface area contributed by atoms with Crippen molar-refractivity contribution in [3.05, 3.63) is 52.5 Å². The van der Waals surface area contributed by atoms with Crippen molar-refractivity contribution >= 4 is 47.0 Å². The number of anilines is 1. The molecule has 0 radical (unpaired) electrons. The van der Waals surface area contributed by atoms with Gasteiger partial charge in [0.1, 0.15) is 5.82 Å². The number of halogens is 2. The van der Waals surface area contributed by atoms with E-state index in [1.165, 1.54) is 10.9 Å². The van der Waals surface area contributed by atoms with Crippen LogP contribution in [0.4, 0.5) is 10.1 Å². The Morgan fingerprint density at radius 3 is 2.64 bits per heavy atom. The molecule has 2 aromatic rings. The highest BCUT2D eigenvalue weighted by atomic mass is 127. The molecule has 1 fully saturated rings. The molecule has 154 valence electrons. The molecule has 0 saturated carbocycles. The number of aliphatic imine (C=N–C) groups is 1. The summed E-state index contributed by atoms with van der Waals surface area (Å²) in [7, 11) is 0. The van der Waals surface area contributed by atoms with E-state index in [2.05, 4.69) is 37.6 Å². The Hall–Kier alpha value is -1.39. The monoisotopic (exact) mass is 517 g/mol. The predicted octanol–water partition coefficient (Wildman–Crippen LogP) is 3.16. The molecule has 0 amide bonds. The fraction of sp³-hybridized carbons (Fsp3) is 0.450. The predicted molar refractivity (Wildman–Crippen MR) is 128 cm³/mol. The zero-order chi connectivity index (χ0) is 18.9. The minimum Gasteiger partial charge on any atom is -0.370 e. The van der Waals surface area contributed by atoms with Crippen LogP contribution in [0.2, 0.25) is 0 Å². The lowest BCUT2D eigenvalue weighted by atomic mass is 10.2. The van der Waals surface area contributed by atoms with E-state index in [4.69, 9.17) is 5.73 Å². The highest BCUT2D eigenvalue weighted by Gasteiger charge is 2.18. The molecule has 1 saturated heterocycles. The molecule has 0 bridgehead atoms. The van der Waals surface area contributed by atoms with Gasteiger partial charge in [0.25, 0.3) is 0 Å². The lowest BCUT2D eigenvalue weighted by Gasteiger charge is -2.36. The largest absolute Gasteiger partial charge is 0.370 e. The van der Waals surface area contributed by atoms with Crippen molar-refractivity contribution in [2.75, 3.05) is 50.7 Å². The maximum atomic E-state index is 13.9. The summed E-state index contributed by atoms with van der Waals surface area (Å²) in [5.41, 5.74) is 6.63. The van der Waals surface area contributed by atoms with Gasteiger partial charge in [-0.1, -0.05) is 18.2 Å². The SMILES string of the molecule is I.NC(=NCCCN1CCN(c2ccccc2F)CC1)NCCc1cccs1. The van der Waals surface area contributed by atoms with Gasteiger partial charge in [0.15, 0.2) is 5.96 Å². The average Bonchev–Trinajstić information content (AvgIpc) is 3.20. The number of nitrogens with zero attached hydrogens (tertiary/aromatic N) is 3. The van der Waals surface area contributed by atoms with Gasteiger partial charge in [-0.05, 0) is 36.4 Å². The Kier molecular flexibility index (Phi) is 10.0. The van der Waals surface area contributed by atoms with Gasteiger partial charge in [0.2, 0.25) is 0 Å². The molecule has 0 aliphatic carbocycles. The Morgan fingerprint density at radius 2 is 1.93 bits per heavy atom. The number of nitrogens with one attached hydrogen (secondary N) is 1. The van der Waals surface area contributed by atoms with E-state index in [0.29, 0.717) is 11.6 Å². The van der Waals surface area contributed by atoms with Gasteiger partial charge in [-0.2, -0.15) is 0 Å². The van der Waals surface area contributed by atoms with Gasteiger partial charge in [0, 0.05) is 50.7 Å². The topological polar surface area (TPSA) is 56.9 Å². The molecule has 28 heavy (non-hydrogen) atoms. The van der Waals surface area contributed by atoms with Crippen LogP contribution < -0.4 is 16.0 Å². The number of benzene rings is 1. The molecule has 3 rings (SSSR count). The third-order valence-electron chi connectivity index (χ3n) is 4.74. The molecule has 2 heterocycles. The van der Waals surface area contributed by atoms with Crippen LogP contribution in [-0.2, 0) is 6.42 Å². The van der Waals surface area contributed by atoms with Crippen LogP contribution in [0.5, 0.6) is 0 Å². The molecule has 0 spiro atoms. The summed E-state index contributed by atoms with van der Waals surface area (Å²) in [6, 6.07) is 11.2. The fourth-order valence-electron chi connectivity index (χ4n) is 3.24. The van der Waals surface area contributed by atoms with Gasteiger partial charge < -0.3 is 16.0 Å². The van der Waals surface area contributed by atoms with Crippen LogP contribution >= 0.6 is 35.3 Å². The Morgan fingerprint density at radius 1 is 1.14 bits per heavy atom. The Labute approximate surface area is 187 Å². The lowest BCUT2D eigenvalue weighted by molar-refractivity contribution is 0.256. The first-order valence-corrected chi connectivity index (χ1v) is 10.4. The lowest BCUT2D eigenvalue weighted by Crippen LogP contribution is -2.47. The summed E-state index contributed by atoms with van der Waals surface area (Å²) >= 11 is 1.76. The molecule has 1 aromatic carbocycles. The maximum absolute atomic E-state index is 13.9. The first kappa shape index (κ1) is 22.9. The number of guanidine groups is 1. The first-order valence-electron chi connectivity index (χ1n) is 9.50. The molecule has 5 nitrogen and oxygen atoms in total. The molecule has 1 aliphatic heterocycles. The molecule has 0 unspecified atom stereocenters. The van der Waals surface area contributed by atoms with Crippen LogP contribution in [0.25, 0.3) is 0 Å². The molecule has 8 heteroatoms. The van der Waals surface area contributed by atoms with Gasteiger partial charge in [-0.25, -0.2) is 4.39 Å². The number of rotatable bonds is 8.